The molecule has 1 amide bonds. The Morgan fingerprint density at radius 1 is 0.838 bits per heavy atom. The lowest BCUT2D eigenvalue weighted by Gasteiger charge is -2.20. The SMILES string of the molecule is CC(C)(C)CCC(=O)N[C@@H](CCc1ccccc1)C(=O)c1oc(-c2ccccc2)nc1-c1ccccc1. The molecule has 3 aromatic carbocycles. The minimum Gasteiger partial charge on any atom is -0.432 e. The van der Waals surface area contributed by atoms with Crippen LogP contribution in [0.1, 0.15) is 56.2 Å². The van der Waals surface area contributed by atoms with Crippen molar-refractivity contribution in [2.45, 2.75) is 52.5 Å². The third-order valence-corrected chi connectivity index (χ3v) is 6.24. The van der Waals surface area contributed by atoms with E-state index in [1.54, 1.807) is 0 Å². The molecule has 4 aromatic rings. The number of hydrogen-bond donors (Lipinski definition) is 1. The lowest BCUT2D eigenvalue weighted by atomic mass is 9.90. The molecule has 0 bridgehead atoms. The number of ketones is 1. The van der Waals surface area contributed by atoms with E-state index in [2.05, 4.69) is 26.1 Å². The molecule has 0 spiro atoms. The molecule has 1 aromatic heterocycles. The van der Waals surface area contributed by atoms with Crippen molar-refractivity contribution in [3.63, 3.8) is 0 Å². The number of nitrogens with zero attached hydrogens (tertiary/aromatic N) is 1. The highest BCUT2D eigenvalue weighted by Crippen LogP contribution is 2.30. The summed E-state index contributed by atoms with van der Waals surface area (Å²) in [7, 11) is 0. The van der Waals surface area contributed by atoms with Gasteiger partial charge in [0, 0.05) is 17.5 Å². The van der Waals surface area contributed by atoms with Crippen molar-refractivity contribution in [3.05, 3.63) is 102 Å². The number of oxazole rings is 1. The molecule has 0 saturated heterocycles. The summed E-state index contributed by atoms with van der Waals surface area (Å²) in [4.78, 5) is 31.6. The van der Waals surface area contributed by atoms with Gasteiger partial charge in [0.15, 0.2) is 0 Å². The number of aromatic nitrogens is 1. The van der Waals surface area contributed by atoms with Gasteiger partial charge >= 0.3 is 0 Å². The number of aryl methyl sites for hydroxylation is 1. The van der Waals surface area contributed by atoms with Gasteiger partial charge in [-0.25, -0.2) is 4.98 Å². The van der Waals surface area contributed by atoms with Crippen LogP contribution in [0.2, 0.25) is 0 Å². The maximum absolute atomic E-state index is 14.0. The molecule has 0 fully saturated rings. The van der Waals surface area contributed by atoms with Crippen LogP contribution in [0.4, 0.5) is 0 Å². The average molecular weight is 495 g/mol. The summed E-state index contributed by atoms with van der Waals surface area (Å²) < 4.78 is 6.13. The fourth-order valence-electron chi connectivity index (χ4n) is 4.12. The van der Waals surface area contributed by atoms with Crippen molar-refractivity contribution in [1.82, 2.24) is 10.3 Å². The molecule has 37 heavy (non-hydrogen) atoms. The first-order valence-electron chi connectivity index (χ1n) is 12.8. The van der Waals surface area contributed by atoms with Crippen LogP contribution >= 0.6 is 0 Å². The second-order valence-electron chi connectivity index (χ2n) is 10.5. The number of carbonyl (C=O) groups is 2. The highest BCUT2D eigenvalue weighted by Gasteiger charge is 2.30. The van der Waals surface area contributed by atoms with Gasteiger partial charge in [0.25, 0.3) is 0 Å². The van der Waals surface area contributed by atoms with E-state index in [0.29, 0.717) is 30.8 Å². The molecule has 5 nitrogen and oxygen atoms in total. The van der Waals surface area contributed by atoms with Gasteiger partial charge in [-0.2, -0.15) is 0 Å². The smallest absolute Gasteiger partial charge is 0.227 e. The van der Waals surface area contributed by atoms with Crippen LogP contribution in [-0.2, 0) is 11.2 Å². The maximum Gasteiger partial charge on any atom is 0.227 e. The van der Waals surface area contributed by atoms with Crippen molar-refractivity contribution < 1.29 is 14.0 Å². The summed E-state index contributed by atoms with van der Waals surface area (Å²) in [5, 5.41) is 3.01. The molecule has 1 heterocycles. The van der Waals surface area contributed by atoms with E-state index in [4.69, 9.17) is 9.40 Å². The maximum atomic E-state index is 14.0. The van der Waals surface area contributed by atoms with Gasteiger partial charge in [0.1, 0.15) is 5.69 Å². The Morgan fingerprint density at radius 3 is 2.00 bits per heavy atom. The zero-order chi connectivity index (χ0) is 26.3. The third kappa shape index (κ3) is 7.26. The van der Waals surface area contributed by atoms with Crippen molar-refractivity contribution in [3.8, 4) is 22.7 Å². The quantitative estimate of drug-likeness (QED) is 0.238. The molecule has 0 unspecified atom stereocenters. The molecule has 0 aliphatic carbocycles. The fraction of sp³-hybridized carbons (Fsp3) is 0.281. The first kappa shape index (κ1) is 26.1. The topological polar surface area (TPSA) is 72.2 Å². The van der Waals surface area contributed by atoms with Crippen molar-refractivity contribution >= 4 is 11.7 Å². The molecular formula is C32H34N2O3. The first-order chi connectivity index (χ1) is 17.8. The zero-order valence-electron chi connectivity index (χ0n) is 21.7. The number of Topliss-reactive ketones (excluding diaryl/α,β-unsaturated/α-hetero) is 1. The summed E-state index contributed by atoms with van der Waals surface area (Å²) in [6.45, 7) is 6.30. The predicted octanol–water partition coefficient (Wildman–Crippen LogP) is 7.14. The summed E-state index contributed by atoms with van der Waals surface area (Å²) >= 11 is 0. The second kappa shape index (κ2) is 11.8. The standard InChI is InChI=1S/C32H34N2O3/c1-32(2,3)22-21-27(35)33-26(20-19-23-13-7-4-8-14-23)29(36)30-28(24-15-9-5-10-16-24)34-31(37-30)25-17-11-6-12-18-25/h4-18,26H,19-22H2,1-3H3,(H,33,35)/t26-/m0/s1. The predicted molar refractivity (Wildman–Crippen MR) is 147 cm³/mol. The third-order valence-electron chi connectivity index (χ3n) is 6.24. The molecular weight excluding hydrogens is 460 g/mol. The Morgan fingerprint density at radius 2 is 1.41 bits per heavy atom. The van der Waals surface area contributed by atoms with Gasteiger partial charge in [-0.15, -0.1) is 0 Å². The second-order valence-corrected chi connectivity index (χ2v) is 10.5. The largest absolute Gasteiger partial charge is 0.432 e. The number of carbonyl (C=O) groups excluding carboxylic acids is 2. The van der Waals surface area contributed by atoms with Crippen LogP contribution in [-0.4, -0.2) is 22.7 Å². The summed E-state index contributed by atoms with van der Waals surface area (Å²) in [5.41, 5.74) is 3.19. The molecule has 4 rings (SSSR count). The van der Waals surface area contributed by atoms with E-state index < -0.39 is 6.04 Å². The van der Waals surface area contributed by atoms with Gasteiger partial charge in [0.05, 0.1) is 6.04 Å². The highest BCUT2D eigenvalue weighted by molar-refractivity contribution is 6.04. The number of amides is 1. The minimum absolute atomic E-state index is 0.0247. The fourth-order valence-corrected chi connectivity index (χ4v) is 4.12. The molecule has 0 aliphatic rings. The molecule has 0 saturated carbocycles. The van der Waals surface area contributed by atoms with Gasteiger partial charge in [-0.1, -0.05) is 99.6 Å². The minimum atomic E-state index is -0.730. The van der Waals surface area contributed by atoms with E-state index in [1.807, 2.05) is 91.0 Å². The van der Waals surface area contributed by atoms with Crippen LogP contribution in [0.3, 0.4) is 0 Å². The Bertz CT molecular complexity index is 1310. The molecule has 0 aliphatic heterocycles. The van der Waals surface area contributed by atoms with Gasteiger partial charge in [-0.05, 0) is 42.4 Å². The van der Waals surface area contributed by atoms with Crippen molar-refractivity contribution in [2.24, 2.45) is 5.41 Å². The Balaban J connectivity index is 1.66. The van der Waals surface area contributed by atoms with Crippen LogP contribution in [0.15, 0.2) is 95.4 Å². The number of benzene rings is 3. The van der Waals surface area contributed by atoms with Crippen molar-refractivity contribution in [1.29, 1.82) is 0 Å². The van der Waals surface area contributed by atoms with Gasteiger partial charge < -0.3 is 9.73 Å². The lowest BCUT2D eigenvalue weighted by molar-refractivity contribution is -0.122. The number of nitrogens with one attached hydrogen (secondary N) is 1. The van der Waals surface area contributed by atoms with Crippen LogP contribution < -0.4 is 5.32 Å². The Labute approximate surface area is 219 Å². The monoisotopic (exact) mass is 494 g/mol. The first-order valence-corrected chi connectivity index (χ1v) is 12.8. The normalized spacial score (nSPS) is 12.2. The van der Waals surface area contributed by atoms with E-state index >= 15 is 0 Å². The van der Waals surface area contributed by atoms with Crippen LogP contribution in [0.5, 0.6) is 0 Å². The average Bonchev–Trinajstić information content (AvgIpc) is 3.36. The van der Waals surface area contributed by atoms with Crippen molar-refractivity contribution in [2.75, 3.05) is 0 Å². The van der Waals surface area contributed by atoms with Gasteiger partial charge in [-0.3, -0.25) is 9.59 Å². The molecule has 1 N–H and O–H groups in total. The van der Waals surface area contributed by atoms with E-state index in [9.17, 15) is 9.59 Å². The van der Waals surface area contributed by atoms with Crippen LogP contribution in [0, 0.1) is 5.41 Å². The number of hydrogen-bond acceptors (Lipinski definition) is 4. The van der Waals surface area contributed by atoms with Gasteiger partial charge in [0.2, 0.25) is 23.3 Å². The molecule has 0 radical (unpaired) electrons. The Hall–Kier alpha value is -3.99. The summed E-state index contributed by atoms with van der Waals surface area (Å²) in [5.74, 6) is 0.141. The van der Waals surface area contributed by atoms with E-state index in [-0.39, 0.29) is 22.9 Å². The summed E-state index contributed by atoms with van der Waals surface area (Å²) in [6, 6.07) is 28.3. The van der Waals surface area contributed by atoms with E-state index in [0.717, 1.165) is 23.1 Å². The van der Waals surface area contributed by atoms with Crippen LogP contribution in [0.25, 0.3) is 22.7 Å². The highest BCUT2D eigenvalue weighted by atomic mass is 16.4. The van der Waals surface area contributed by atoms with E-state index in [1.165, 1.54) is 0 Å². The lowest BCUT2D eigenvalue weighted by Crippen LogP contribution is -2.41. The molecule has 1 atom stereocenters. The molecule has 5 heteroatoms. The molecule has 190 valence electrons. The zero-order valence-corrected chi connectivity index (χ0v) is 21.7. The summed E-state index contributed by atoms with van der Waals surface area (Å²) in [6.07, 6.45) is 2.20. The Kier molecular flexibility index (Phi) is 8.34. The number of rotatable bonds is 10.